The summed E-state index contributed by atoms with van der Waals surface area (Å²) in [5, 5.41) is 12.3. The van der Waals surface area contributed by atoms with Crippen molar-refractivity contribution in [1.82, 2.24) is 19.6 Å². The number of hydrogen-bond donors (Lipinski definition) is 1. The number of aromatic nitrogens is 4. The summed E-state index contributed by atoms with van der Waals surface area (Å²) in [5.74, 6) is -0.879. The van der Waals surface area contributed by atoms with Gasteiger partial charge in [-0.15, -0.1) is 0 Å². The van der Waals surface area contributed by atoms with Gasteiger partial charge in [0.15, 0.2) is 0 Å². The summed E-state index contributed by atoms with van der Waals surface area (Å²) in [6, 6.07) is 15.2. The molecule has 1 atom stereocenters. The van der Waals surface area contributed by atoms with E-state index < -0.39 is 17.9 Å². The summed E-state index contributed by atoms with van der Waals surface area (Å²) in [6.07, 6.45) is 0.340. The minimum Gasteiger partial charge on any atom is -0.462 e. The highest BCUT2D eigenvalue weighted by molar-refractivity contribution is 5.96. The molecule has 0 bridgehead atoms. The second-order valence-electron chi connectivity index (χ2n) is 8.11. The number of rotatable bonds is 7. The minimum atomic E-state index is -0.851. The zero-order chi connectivity index (χ0) is 25.1. The van der Waals surface area contributed by atoms with Crippen molar-refractivity contribution < 1.29 is 14.3 Å². The van der Waals surface area contributed by atoms with E-state index in [1.54, 1.807) is 42.8 Å². The van der Waals surface area contributed by atoms with E-state index in [4.69, 9.17) is 4.74 Å². The molecule has 2 aromatic heterocycles. The fourth-order valence-corrected chi connectivity index (χ4v) is 4.05. The predicted molar refractivity (Wildman–Crippen MR) is 133 cm³/mol. The van der Waals surface area contributed by atoms with E-state index >= 15 is 0 Å². The summed E-state index contributed by atoms with van der Waals surface area (Å²) in [5.41, 5.74) is 2.93. The SMILES string of the molecule is CCOC(=O)c1cccc(NC(=O)[C@H](CC)n2nc(C)c3nn(-c4ccccc4)c(C)c3c2=O)c1. The lowest BCUT2D eigenvalue weighted by molar-refractivity contribution is -0.119. The van der Waals surface area contributed by atoms with E-state index in [0.29, 0.717) is 40.0 Å². The van der Waals surface area contributed by atoms with Gasteiger partial charge in [-0.1, -0.05) is 31.2 Å². The van der Waals surface area contributed by atoms with Crippen LogP contribution in [0.15, 0.2) is 59.4 Å². The van der Waals surface area contributed by atoms with Crippen molar-refractivity contribution in [3.05, 3.63) is 81.9 Å². The summed E-state index contributed by atoms with van der Waals surface area (Å²) in [6.45, 7) is 7.39. The van der Waals surface area contributed by atoms with Crippen molar-refractivity contribution in [2.75, 3.05) is 11.9 Å². The monoisotopic (exact) mass is 473 g/mol. The number of fused-ring (bicyclic) bond motifs is 1. The first-order valence-corrected chi connectivity index (χ1v) is 11.5. The molecule has 2 heterocycles. The van der Waals surface area contributed by atoms with E-state index in [1.165, 1.54) is 4.68 Å². The van der Waals surface area contributed by atoms with E-state index in [9.17, 15) is 14.4 Å². The maximum atomic E-state index is 13.5. The zero-order valence-electron chi connectivity index (χ0n) is 20.1. The fraction of sp³-hybridized carbons (Fsp3) is 0.269. The molecular formula is C26H27N5O4. The molecule has 9 nitrogen and oxygen atoms in total. The molecule has 0 saturated heterocycles. The predicted octanol–water partition coefficient (Wildman–Crippen LogP) is 3.97. The second kappa shape index (κ2) is 9.92. The second-order valence-corrected chi connectivity index (χ2v) is 8.11. The number of nitrogens with zero attached hydrogens (tertiary/aromatic N) is 4. The molecule has 0 aliphatic heterocycles. The molecule has 4 aromatic rings. The normalized spacial score (nSPS) is 11.9. The molecule has 0 unspecified atom stereocenters. The number of benzene rings is 2. The van der Waals surface area contributed by atoms with E-state index in [-0.39, 0.29) is 12.2 Å². The van der Waals surface area contributed by atoms with Crippen LogP contribution in [0.4, 0.5) is 5.69 Å². The first kappa shape index (κ1) is 23.9. The third-order valence-corrected chi connectivity index (χ3v) is 5.77. The summed E-state index contributed by atoms with van der Waals surface area (Å²) in [4.78, 5) is 38.8. The van der Waals surface area contributed by atoms with Crippen molar-refractivity contribution in [3.63, 3.8) is 0 Å². The Balaban J connectivity index is 1.71. The van der Waals surface area contributed by atoms with Crippen molar-refractivity contribution >= 4 is 28.5 Å². The Bertz CT molecular complexity index is 1460. The summed E-state index contributed by atoms with van der Waals surface area (Å²) < 4.78 is 7.97. The first-order valence-electron chi connectivity index (χ1n) is 11.5. The van der Waals surface area contributed by atoms with Gasteiger partial charge in [0.05, 0.1) is 34.6 Å². The highest BCUT2D eigenvalue weighted by atomic mass is 16.5. The first-order chi connectivity index (χ1) is 16.8. The average Bonchev–Trinajstić information content (AvgIpc) is 3.21. The number of nitrogens with one attached hydrogen (secondary N) is 1. The number of amides is 1. The molecular weight excluding hydrogens is 446 g/mol. The minimum absolute atomic E-state index is 0.254. The molecule has 0 saturated carbocycles. The quantitative estimate of drug-likeness (QED) is 0.407. The van der Waals surface area contributed by atoms with Crippen LogP contribution >= 0.6 is 0 Å². The van der Waals surface area contributed by atoms with Gasteiger partial charge in [0.2, 0.25) is 5.91 Å². The Morgan fingerprint density at radius 1 is 1.03 bits per heavy atom. The number of anilines is 1. The Kier molecular flexibility index (Phi) is 6.77. The standard InChI is InChI=1S/C26H27N5O4/c1-5-21(24(32)27-19-12-10-11-18(15-19)26(34)35-6-2)31-25(33)22-17(4)30(20-13-8-7-9-14-20)29-23(22)16(3)28-31/h7-15,21H,5-6H2,1-4H3,(H,27,32)/t21-/m0/s1. The number of aryl methyl sites for hydroxylation is 2. The highest BCUT2D eigenvalue weighted by Gasteiger charge is 2.25. The Morgan fingerprint density at radius 3 is 2.46 bits per heavy atom. The number of ether oxygens (including phenoxy) is 1. The molecule has 0 spiro atoms. The Hall–Kier alpha value is -4.27. The maximum Gasteiger partial charge on any atom is 0.338 e. The van der Waals surface area contributed by atoms with Crippen molar-refractivity contribution in [3.8, 4) is 5.69 Å². The number of esters is 1. The smallest absolute Gasteiger partial charge is 0.338 e. The summed E-state index contributed by atoms with van der Waals surface area (Å²) in [7, 11) is 0. The van der Waals surface area contributed by atoms with Crippen LogP contribution in [0.1, 0.15) is 48.1 Å². The molecule has 9 heteroatoms. The topological polar surface area (TPSA) is 108 Å². The molecule has 180 valence electrons. The Morgan fingerprint density at radius 2 is 1.77 bits per heavy atom. The van der Waals surface area contributed by atoms with Crippen molar-refractivity contribution in [2.45, 2.75) is 40.2 Å². The van der Waals surface area contributed by atoms with Gasteiger partial charge in [-0.05, 0) is 57.5 Å². The van der Waals surface area contributed by atoms with Crippen molar-refractivity contribution in [1.29, 1.82) is 0 Å². The molecule has 1 N–H and O–H groups in total. The molecule has 4 rings (SSSR count). The summed E-state index contributed by atoms with van der Waals surface area (Å²) >= 11 is 0. The molecule has 0 radical (unpaired) electrons. The molecule has 0 fully saturated rings. The molecule has 0 aliphatic rings. The molecule has 2 aromatic carbocycles. The van der Waals surface area contributed by atoms with E-state index in [0.717, 1.165) is 5.69 Å². The Labute approximate surface area is 202 Å². The van der Waals surface area contributed by atoms with Crippen LogP contribution in [0.25, 0.3) is 16.6 Å². The van der Waals surface area contributed by atoms with Crippen LogP contribution in [-0.2, 0) is 9.53 Å². The van der Waals surface area contributed by atoms with Crippen LogP contribution in [0.2, 0.25) is 0 Å². The lowest BCUT2D eigenvalue weighted by Gasteiger charge is -2.17. The van der Waals surface area contributed by atoms with Gasteiger partial charge in [0.25, 0.3) is 5.56 Å². The number of para-hydroxylation sites is 1. The van der Waals surface area contributed by atoms with Gasteiger partial charge >= 0.3 is 5.97 Å². The lowest BCUT2D eigenvalue weighted by atomic mass is 10.1. The lowest BCUT2D eigenvalue weighted by Crippen LogP contribution is -2.35. The third-order valence-electron chi connectivity index (χ3n) is 5.77. The maximum absolute atomic E-state index is 13.5. The van der Waals surface area contributed by atoms with Crippen LogP contribution in [-0.4, -0.2) is 38.0 Å². The number of hydrogen-bond acceptors (Lipinski definition) is 6. The third kappa shape index (κ3) is 4.57. The average molecular weight is 474 g/mol. The van der Waals surface area contributed by atoms with Crippen molar-refractivity contribution in [2.24, 2.45) is 0 Å². The van der Waals surface area contributed by atoms with Gasteiger partial charge in [0.1, 0.15) is 11.6 Å². The van der Waals surface area contributed by atoms with E-state index in [2.05, 4.69) is 15.5 Å². The molecule has 0 aliphatic carbocycles. The molecule has 35 heavy (non-hydrogen) atoms. The number of carbonyl (C=O) groups excluding carboxylic acids is 2. The number of carbonyl (C=O) groups is 2. The van der Waals surface area contributed by atoms with Crippen LogP contribution in [0.3, 0.4) is 0 Å². The van der Waals surface area contributed by atoms with Gasteiger partial charge < -0.3 is 10.1 Å². The highest BCUT2D eigenvalue weighted by Crippen LogP contribution is 2.22. The van der Waals surface area contributed by atoms with Gasteiger partial charge in [-0.25, -0.2) is 14.2 Å². The fourth-order valence-electron chi connectivity index (χ4n) is 4.05. The zero-order valence-corrected chi connectivity index (χ0v) is 20.1. The van der Waals surface area contributed by atoms with Gasteiger partial charge in [-0.3, -0.25) is 9.59 Å². The largest absolute Gasteiger partial charge is 0.462 e. The van der Waals surface area contributed by atoms with E-state index in [1.807, 2.05) is 44.2 Å². The van der Waals surface area contributed by atoms with Gasteiger partial charge in [-0.2, -0.15) is 10.2 Å². The van der Waals surface area contributed by atoms with Crippen LogP contribution < -0.4 is 10.9 Å². The van der Waals surface area contributed by atoms with Crippen LogP contribution in [0.5, 0.6) is 0 Å². The van der Waals surface area contributed by atoms with Gasteiger partial charge in [0, 0.05) is 5.69 Å². The molecule has 1 amide bonds. The van der Waals surface area contributed by atoms with Crippen LogP contribution in [0, 0.1) is 13.8 Å².